The van der Waals surface area contributed by atoms with Crippen LogP contribution in [0.4, 0.5) is 5.82 Å². The zero-order valence-corrected chi connectivity index (χ0v) is 10.5. The van der Waals surface area contributed by atoms with Gasteiger partial charge in [0, 0.05) is 32.1 Å². The lowest BCUT2D eigenvalue weighted by Crippen LogP contribution is -2.22. The first-order valence-electron chi connectivity index (χ1n) is 5.04. The number of aryl methyl sites for hydroxylation is 1. The molecule has 0 fully saturated rings. The minimum Gasteiger partial charge on any atom is -0.359 e. The highest BCUT2D eigenvalue weighted by molar-refractivity contribution is 7.98. The zero-order valence-electron chi connectivity index (χ0n) is 9.66. The summed E-state index contributed by atoms with van der Waals surface area (Å²) in [6, 6.07) is 2.11. The normalized spacial score (nSPS) is 10.4. The number of rotatable bonds is 5. The Morgan fingerprint density at radius 2 is 2.27 bits per heavy atom. The van der Waals surface area contributed by atoms with Crippen molar-refractivity contribution in [2.45, 2.75) is 13.5 Å². The first kappa shape index (κ1) is 12.3. The monoisotopic (exact) mass is 225 g/mol. The maximum Gasteiger partial charge on any atom is 0.131 e. The summed E-state index contributed by atoms with van der Waals surface area (Å²) >= 11 is 1.85. The number of nitrogens with zero attached hydrogens (tertiary/aromatic N) is 2. The summed E-state index contributed by atoms with van der Waals surface area (Å²) in [5.74, 6) is 2.18. The number of thioether (sulfide) groups is 1. The molecule has 0 unspecified atom stereocenters. The van der Waals surface area contributed by atoms with Gasteiger partial charge in [0.2, 0.25) is 0 Å². The summed E-state index contributed by atoms with van der Waals surface area (Å²) in [5.41, 5.74) is 7.86. The van der Waals surface area contributed by atoms with Crippen molar-refractivity contribution in [1.82, 2.24) is 4.98 Å². The van der Waals surface area contributed by atoms with Crippen LogP contribution in [0.1, 0.15) is 11.1 Å². The molecule has 0 aliphatic heterocycles. The van der Waals surface area contributed by atoms with E-state index in [1.165, 1.54) is 5.56 Å². The molecule has 0 atom stereocenters. The number of hydrogen-bond acceptors (Lipinski definition) is 4. The first-order valence-corrected chi connectivity index (χ1v) is 6.44. The van der Waals surface area contributed by atoms with Gasteiger partial charge in [0.05, 0.1) is 0 Å². The van der Waals surface area contributed by atoms with E-state index < -0.39 is 0 Å². The average molecular weight is 225 g/mol. The second kappa shape index (κ2) is 5.98. The molecule has 0 amide bonds. The summed E-state index contributed by atoms with van der Waals surface area (Å²) in [6.45, 7) is 3.66. The Bertz CT molecular complexity index is 315. The molecule has 15 heavy (non-hydrogen) atoms. The van der Waals surface area contributed by atoms with Gasteiger partial charge in [-0.15, -0.1) is 0 Å². The van der Waals surface area contributed by atoms with E-state index in [1.807, 2.05) is 18.0 Å². The van der Waals surface area contributed by atoms with Crippen molar-refractivity contribution < 1.29 is 0 Å². The van der Waals surface area contributed by atoms with Crippen LogP contribution in [0.5, 0.6) is 0 Å². The molecule has 0 radical (unpaired) electrons. The molecular weight excluding hydrogens is 206 g/mol. The maximum atomic E-state index is 5.57. The van der Waals surface area contributed by atoms with E-state index in [4.69, 9.17) is 5.73 Å². The van der Waals surface area contributed by atoms with Gasteiger partial charge in [-0.2, -0.15) is 11.8 Å². The van der Waals surface area contributed by atoms with Gasteiger partial charge in [-0.05, 0) is 30.4 Å². The molecule has 84 valence electrons. The van der Waals surface area contributed by atoms with E-state index in [1.54, 1.807) is 0 Å². The largest absolute Gasteiger partial charge is 0.359 e. The molecule has 2 N–H and O–H groups in total. The summed E-state index contributed by atoms with van der Waals surface area (Å²) in [6.07, 6.45) is 3.98. The maximum absolute atomic E-state index is 5.57. The van der Waals surface area contributed by atoms with E-state index in [9.17, 15) is 0 Å². The lowest BCUT2D eigenvalue weighted by atomic mass is 10.2. The first-order chi connectivity index (χ1) is 7.19. The van der Waals surface area contributed by atoms with Crippen molar-refractivity contribution in [1.29, 1.82) is 0 Å². The highest BCUT2D eigenvalue weighted by atomic mass is 32.2. The molecule has 0 saturated heterocycles. The third-order valence-electron chi connectivity index (χ3n) is 2.34. The third kappa shape index (κ3) is 3.39. The number of pyridine rings is 1. The standard InChI is InChI=1S/C11H19N3S/c1-9-6-10(7-12)8-13-11(9)14(2)4-5-15-3/h6,8H,4-5,7,12H2,1-3H3. The Balaban J connectivity index is 2.76. The van der Waals surface area contributed by atoms with Gasteiger partial charge in [-0.1, -0.05) is 0 Å². The van der Waals surface area contributed by atoms with Crippen LogP contribution in [0, 0.1) is 6.92 Å². The fourth-order valence-electron chi connectivity index (χ4n) is 1.47. The Kier molecular flexibility index (Phi) is 4.91. The molecule has 1 aromatic heterocycles. The van der Waals surface area contributed by atoms with Gasteiger partial charge in [0.25, 0.3) is 0 Å². The predicted octanol–water partition coefficient (Wildman–Crippen LogP) is 1.65. The molecule has 0 aromatic carbocycles. The van der Waals surface area contributed by atoms with E-state index in [0.29, 0.717) is 6.54 Å². The SMILES string of the molecule is CSCCN(C)c1ncc(CN)cc1C. The van der Waals surface area contributed by atoms with Crippen molar-refractivity contribution >= 4 is 17.6 Å². The quantitative estimate of drug-likeness (QED) is 0.827. The highest BCUT2D eigenvalue weighted by Gasteiger charge is 2.05. The van der Waals surface area contributed by atoms with Gasteiger partial charge in [0.15, 0.2) is 0 Å². The van der Waals surface area contributed by atoms with Gasteiger partial charge in [-0.3, -0.25) is 0 Å². The molecule has 1 aromatic rings. The number of nitrogens with two attached hydrogens (primary N) is 1. The lowest BCUT2D eigenvalue weighted by Gasteiger charge is -2.19. The topological polar surface area (TPSA) is 42.2 Å². The Morgan fingerprint density at radius 1 is 1.53 bits per heavy atom. The van der Waals surface area contributed by atoms with Crippen LogP contribution < -0.4 is 10.6 Å². The smallest absolute Gasteiger partial charge is 0.131 e. The number of aromatic nitrogens is 1. The van der Waals surface area contributed by atoms with Gasteiger partial charge in [0.1, 0.15) is 5.82 Å². The van der Waals surface area contributed by atoms with E-state index in [0.717, 1.165) is 23.7 Å². The van der Waals surface area contributed by atoms with E-state index in [-0.39, 0.29) is 0 Å². The van der Waals surface area contributed by atoms with Crippen molar-refractivity contribution in [2.75, 3.05) is 30.5 Å². The highest BCUT2D eigenvalue weighted by Crippen LogP contribution is 2.16. The zero-order chi connectivity index (χ0) is 11.3. The number of hydrogen-bond donors (Lipinski definition) is 1. The van der Waals surface area contributed by atoms with Crippen molar-refractivity contribution in [3.63, 3.8) is 0 Å². The summed E-state index contributed by atoms with van der Waals surface area (Å²) in [7, 11) is 2.08. The predicted molar refractivity (Wildman–Crippen MR) is 68.5 cm³/mol. The van der Waals surface area contributed by atoms with E-state index >= 15 is 0 Å². The van der Waals surface area contributed by atoms with Crippen LogP contribution in [-0.4, -0.2) is 30.6 Å². The van der Waals surface area contributed by atoms with Gasteiger partial charge in [-0.25, -0.2) is 4.98 Å². The molecule has 0 bridgehead atoms. The second-order valence-electron chi connectivity index (χ2n) is 3.60. The summed E-state index contributed by atoms with van der Waals surface area (Å²) in [5, 5.41) is 0. The lowest BCUT2D eigenvalue weighted by molar-refractivity contribution is 0.927. The van der Waals surface area contributed by atoms with Crippen molar-refractivity contribution in [3.8, 4) is 0 Å². The van der Waals surface area contributed by atoms with E-state index in [2.05, 4.69) is 36.2 Å². The van der Waals surface area contributed by atoms with Crippen molar-refractivity contribution in [3.05, 3.63) is 23.4 Å². The molecule has 1 rings (SSSR count). The number of anilines is 1. The minimum absolute atomic E-state index is 0.558. The van der Waals surface area contributed by atoms with Gasteiger partial charge < -0.3 is 10.6 Å². The summed E-state index contributed by atoms with van der Waals surface area (Å²) in [4.78, 5) is 6.63. The second-order valence-corrected chi connectivity index (χ2v) is 4.59. The van der Waals surface area contributed by atoms with Crippen LogP contribution in [0.2, 0.25) is 0 Å². The molecule has 1 heterocycles. The van der Waals surface area contributed by atoms with Gasteiger partial charge >= 0.3 is 0 Å². The Morgan fingerprint density at radius 3 is 2.80 bits per heavy atom. The van der Waals surface area contributed by atoms with Crippen LogP contribution in [0.15, 0.2) is 12.3 Å². The van der Waals surface area contributed by atoms with Crippen LogP contribution in [0.25, 0.3) is 0 Å². The minimum atomic E-state index is 0.558. The molecular formula is C11H19N3S. The Labute approximate surface area is 96.1 Å². The molecule has 0 spiro atoms. The fourth-order valence-corrected chi connectivity index (χ4v) is 1.93. The summed E-state index contributed by atoms with van der Waals surface area (Å²) < 4.78 is 0. The van der Waals surface area contributed by atoms with Crippen LogP contribution in [-0.2, 0) is 6.54 Å². The molecule has 0 aliphatic rings. The van der Waals surface area contributed by atoms with Crippen LogP contribution >= 0.6 is 11.8 Å². The molecule has 3 nitrogen and oxygen atoms in total. The molecule has 0 saturated carbocycles. The van der Waals surface area contributed by atoms with Crippen molar-refractivity contribution in [2.24, 2.45) is 5.73 Å². The Hall–Kier alpha value is -0.740. The third-order valence-corrected chi connectivity index (χ3v) is 2.93. The fraction of sp³-hybridized carbons (Fsp3) is 0.545. The molecule has 4 heteroatoms. The molecule has 0 aliphatic carbocycles. The average Bonchev–Trinajstić information content (AvgIpc) is 2.25. The van der Waals surface area contributed by atoms with Crippen LogP contribution in [0.3, 0.4) is 0 Å².